The van der Waals surface area contributed by atoms with Crippen LogP contribution < -0.4 is 4.90 Å². The number of carbonyl (C=O) groups excluding carboxylic acids is 1. The molecule has 1 aliphatic heterocycles. The third-order valence-corrected chi connectivity index (χ3v) is 7.01. The highest BCUT2D eigenvalue weighted by Crippen LogP contribution is 2.27. The van der Waals surface area contributed by atoms with E-state index in [1.165, 1.54) is 15.7 Å². The number of fused-ring (bicyclic) bond motifs is 1. The van der Waals surface area contributed by atoms with Crippen molar-refractivity contribution < 1.29 is 4.79 Å². The lowest BCUT2D eigenvalue weighted by molar-refractivity contribution is -0.131. The molecule has 1 aliphatic rings. The number of carbonyl (C=O) groups is 1. The molecule has 6 heteroatoms. The predicted molar refractivity (Wildman–Crippen MR) is 136 cm³/mol. The van der Waals surface area contributed by atoms with Gasteiger partial charge in [0.1, 0.15) is 0 Å². The van der Waals surface area contributed by atoms with Crippen LogP contribution in [-0.4, -0.2) is 52.9 Å². The zero-order chi connectivity index (χ0) is 22.5. The van der Waals surface area contributed by atoms with Gasteiger partial charge in [0.25, 0.3) is 0 Å². The van der Waals surface area contributed by atoms with Crippen LogP contribution in [0.25, 0.3) is 22.0 Å². The van der Waals surface area contributed by atoms with Gasteiger partial charge in [-0.1, -0.05) is 60.7 Å². The van der Waals surface area contributed by atoms with Crippen molar-refractivity contribution in [2.75, 3.05) is 36.8 Å². The summed E-state index contributed by atoms with van der Waals surface area (Å²) in [7, 11) is 0. The largest absolute Gasteiger partial charge is 0.352 e. The minimum Gasteiger partial charge on any atom is -0.352 e. The normalized spacial score (nSPS) is 13.9. The molecule has 1 saturated heterocycles. The SMILES string of the molecule is O=C(CCSc1ccccc1)N1CCN(c2ccc(-c3cccc4ccccc34)nn2)CC1. The molecule has 3 aromatic carbocycles. The van der Waals surface area contributed by atoms with Crippen molar-refractivity contribution in [3.05, 3.63) is 84.9 Å². The second-order valence-electron chi connectivity index (χ2n) is 8.08. The summed E-state index contributed by atoms with van der Waals surface area (Å²) >= 11 is 1.73. The second-order valence-corrected chi connectivity index (χ2v) is 9.25. The van der Waals surface area contributed by atoms with Crippen molar-refractivity contribution in [3.8, 4) is 11.3 Å². The first-order valence-electron chi connectivity index (χ1n) is 11.3. The van der Waals surface area contributed by atoms with E-state index in [9.17, 15) is 4.79 Å². The summed E-state index contributed by atoms with van der Waals surface area (Å²) < 4.78 is 0. The van der Waals surface area contributed by atoms with Crippen molar-refractivity contribution >= 4 is 34.3 Å². The van der Waals surface area contributed by atoms with E-state index in [-0.39, 0.29) is 5.91 Å². The Labute approximate surface area is 198 Å². The van der Waals surface area contributed by atoms with Crippen LogP contribution in [0.4, 0.5) is 5.82 Å². The number of amides is 1. The van der Waals surface area contributed by atoms with Gasteiger partial charge in [0.15, 0.2) is 5.82 Å². The van der Waals surface area contributed by atoms with E-state index in [0.717, 1.165) is 49.0 Å². The number of hydrogen-bond donors (Lipinski definition) is 0. The number of hydrogen-bond acceptors (Lipinski definition) is 5. The fourth-order valence-corrected chi connectivity index (χ4v) is 5.06. The third-order valence-electron chi connectivity index (χ3n) is 6.00. The molecule has 33 heavy (non-hydrogen) atoms. The van der Waals surface area contributed by atoms with Crippen molar-refractivity contribution in [2.24, 2.45) is 0 Å². The smallest absolute Gasteiger partial charge is 0.223 e. The Balaban J connectivity index is 1.16. The Morgan fingerprint density at radius 2 is 1.55 bits per heavy atom. The van der Waals surface area contributed by atoms with Gasteiger partial charge in [0.2, 0.25) is 5.91 Å². The van der Waals surface area contributed by atoms with Crippen LogP contribution in [0.3, 0.4) is 0 Å². The first kappa shape index (κ1) is 21.5. The Morgan fingerprint density at radius 1 is 0.788 bits per heavy atom. The van der Waals surface area contributed by atoms with Crippen LogP contribution in [0.15, 0.2) is 89.8 Å². The van der Waals surface area contributed by atoms with Crippen molar-refractivity contribution in [3.63, 3.8) is 0 Å². The Kier molecular flexibility index (Phi) is 6.53. The van der Waals surface area contributed by atoms with Gasteiger partial charge < -0.3 is 9.80 Å². The maximum Gasteiger partial charge on any atom is 0.223 e. The molecule has 0 N–H and O–H groups in total. The Bertz CT molecular complexity index is 1220. The first-order valence-corrected chi connectivity index (χ1v) is 12.3. The molecule has 1 amide bonds. The van der Waals surface area contributed by atoms with Crippen LogP contribution in [0.5, 0.6) is 0 Å². The molecule has 0 atom stereocenters. The number of benzene rings is 3. The molecule has 0 unspecified atom stereocenters. The molecule has 2 heterocycles. The van der Waals surface area contributed by atoms with Crippen LogP contribution >= 0.6 is 11.8 Å². The standard InChI is InChI=1S/C27H26N4OS/c32-27(15-20-33-22-9-2-1-3-10-22)31-18-16-30(17-19-31)26-14-13-25(28-29-26)24-12-6-8-21-7-4-5-11-23(21)24/h1-14H,15-20H2. The molecule has 0 aliphatic carbocycles. The average molecular weight is 455 g/mol. The summed E-state index contributed by atoms with van der Waals surface area (Å²) in [5.74, 6) is 1.91. The number of nitrogens with zero attached hydrogens (tertiary/aromatic N) is 4. The maximum absolute atomic E-state index is 12.6. The molecule has 0 radical (unpaired) electrons. The van der Waals surface area contributed by atoms with Gasteiger partial charge in [-0.25, -0.2) is 0 Å². The van der Waals surface area contributed by atoms with E-state index in [1.807, 2.05) is 41.3 Å². The van der Waals surface area contributed by atoms with Crippen molar-refractivity contribution in [1.29, 1.82) is 0 Å². The highest BCUT2D eigenvalue weighted by Gasteiger charge is 2.22. The summed E-state index contributed by atoms with van der Waals surface area (Å²) in [6.45, 7) is 3.00. The topological polar surface area (TPSA) is 49.3 Å². The van der Waals surface area contributed by atoms with Crippen LogP contribution in [0.1, 0.15) is 6.42 Å². The molecule has 0 spiro atoms. The van der Waals surface area contributed by atoms with Gasteiger partial charge in [-0.2, -0.15) is 0 Å². The Morgan fingerprint density at radius 3 is 2.33 bits per heavy atom. The highest BCUT2D eigenvalue weighted by atomic mass is 32.2. The summed E-state index contributed by atoms with van der Waals surface area (Å²) in [5.41, 5.74) is 1.97. The number of thioether (sulfide) groups is 1. The maximum atomic E-state index is 12.6. The molecule has 0 saturated carbocycles. The highest BCUT2D eigenvalue weighted by molar-refractivity contribution is 7.99. The molecule has 1 aromatic heterocycles. The zero-order valence-electron chi connectivity index (χ0n) is 18.4. The van der Waals surface area contributed by atoms with Gasteiger partial charge in [-0.3, -0.25) is 4.79 Å². The minimum absolute atomic E-state index is 0.232. The minimum atomic E-state index is 0.232. The summed E-state index contributed by atoms with van der Waals surface area (Å²) in [5, 5.41) is 11.4. The number of piperazine rings is 1. The molecule has 0 bridgehead atoms. The van der Waals surface area contributed by atoms with E-state index in [0.29, 0.717) is 6.42 Å². The predicted octanol–water partition coefficient (Wildman–Crippen LogP) is 5.13. The number of rotatable bonds is 6. The molecular weight excluding hydrogens is 428 g/mol. The third kappa shape index (κ3) is 5.01. The number of anilines is 1. The summed E-state index contributed by atoms with van der Waals surface area (Å²) in [6.07, 6.45) is 0.569. The van der Waals surface area contributed by atoms with Gasteiger partial charge >= 0.3 is 0 Å². The van der Waals surface area contributed by atoms with E-state index < -0.39 is 0 Å². The first-order chi connectivity index (χ1) is 16.3. The van der Waals surface area contributed by atoms with Gasteiger partial charge in [-0.15, -0.1) is 22.0 Å². The van der Waals surface area contributed by atoms with E-state index in [1.54, 1.807) is 11.8 Å². The van der Waals surface area contributed by atoms with Gasteiger partial charge in [-0.05, 0) is 35.0 Å². The lowest BCUT2D eigenvalue weighted by atomic mass is 10.0. The molecule has 5 rings (SSSR count). The lowest BCUT2D eigenvalue weighted by Gasteiger charge is -2.35. The van der Waals surface area contributed by atoms with Crippen molar-refractivity contribution in [2.45, 2.75) is 11.3 Å². The number of aromatic nitrogens is 2. The second kappa shape index (κ2) is 10.0. The molecule has 166 valence electrons. The van der Waals surface area contributed by atoms with Gasteiger partial charge in [0, 0.05) is 48.8 Å². The summed E-state index contributed by atoms with van der Waals surface area (Å²) in [4.78, 5) is 18.0. The van der Waals surface area contributed by atoms with Crippen LogP contribution in [0.2, 0.25) is 0 Å². The fraction of sp³-hybridized carbons (Fsp3) is 0.222. The van der Waals surface area contributed by atoms with Crippen LogP contribution in [0, 0.1) is 0 Å². The molecule has 4 aromatic rings. The lowest BCUT2D eigenvalue weighted by Crippen LogP contribution is -2.49. The van der Waals surface area contributed by atoms with E-state index in [4.69, 9.17) is 0 Å². The fourth-order valence-electron chi connectivity index (χ4n) is 4.20. The average Bonchev–Trinajstić information content (AvgIpc) is 2.89. The van der Waals surface area contributed by atoms with E-state index >= 15 is 0 Å². The Hall–Kier alpha value is -3.38. The van der Waals surface area contributed by atoms with E-state index in [2.05, 4.69) is 63.6 Å². The monoisotopic (exact) mass is 454 g/mol. The van der Waals surface area contributed by atoms with Crippen molar-refractivity contribution in [1.82, 2.24) is 15.1 Å². The molecule has 5 nitrogen and oxygen atoms in total. The summed E-state index contributed by atoms with van der Waals surface area (Å²) in [6, 6.07) is 28.9. The molecular formula is C27H26N4OS. The quantitative estimate of drug-likeness (QED) is 0.378. The molecule has 1 fully saturated rings. The van der Waals surface area contributed by atoms with Crippen LogP contribution in [-0.2, 0) is 4.79 Å². The van der Waals surface area contributed by atoms with Gasteiger partial charge in [0.05, 0.1) is 5.69 Å². The zero-order valence-corrected chi connectivity index (χ0v) is 19.2.